The smallest absolute Gasteiger partial charge is 0.312 e. The van der Waals surface area contributed by atoms with Crippen LogP contribution in [0.25, 0.3) is 11.0 Å². The van der Waals surface area contributed by atoms with Gasteiger partial charge >= 0.3 is 5.69 Å². The Kier molecular flexibility index (Phi) is 10.6. The fraction of sp³-hybridized carbons (Fsp3) is 0.513. The number of ether oxygens (including phenoxy) is 1. The first-order valence-electron chi connectivity index (χ1n) is 19.7. The van der Waals surface area contributed by atoms with Crippen molar-refractivity contribution in [2.45, 2.75) is 69.2 Å². The van der Waals surface area contributed by atoms with Crippen LogP contribution in [0, 0.1) is 32.1 Å². The Balaban J connectivity index is 0.979. The van der Waals surface area contributed by atoms with Crippen LogP contribution in [0.4, 0.5) is 17.2 Å². The maximum absolute atomic E-state index is 13.8. The summed E-state index contributed by atoms with van der Waals surface area (Å²) in [4.78, 5) is 40.8. The van der Waals surface area contributed by atoms with E-state index in [0.29, 0.717) is 47.3 Å². The van der Waals surface area contributed by atoms with Gasteiger partial charge in [-0.2, -0.15) is 0 Å². The number of amides is 1. The van der Waals surface area contributed by atoms with E-state index in [1.807, 2.05) is 6.07 Å². The highest BCUT2D eigenvalue weighted by molar-refractivity contribution is 7.92. The largest absolute Gasteiger partial charge is 0.455 e. The van der Waals surface area contributed by atoms with Crippen LogP contribution in [-0.2, 0) is 19.8 Å². The predicted molar refractivity (Wildman–Crippen MR) is 217 cm³/mol. The number of rotatable bonds is 11. The first-order valence-corrected chi connectivity index (χ1v) is 23.1. The SMILES string of the molecule is C[C@H]1CC[C@@H](CNc2ncc(S(=O)(=O)NC(=O)c3ccc(N4CCC5(CC4)CC(N4CCS(=N)(=O)CC4)C5)cc3Oc3cnc4[nH]ccc4c3)cc2[N+](=O)[O-])CC1. The van der Waals surface area contributed by atoms with Gasteiger partial charge in [0, 0.05) is 89.4 Å². The lowest BCUT2D eigenvalue weighted by molar-refractivity contribution is -0.384. The van der Waals surface area contributed by atoms with Gasteiger partial charge in [-0.3, -0.25) is 24.6 Å². The maximum atomic E-state index is 13.8. The van der Waals surface area contributed by atoms with Crippen molar-refractivity contribution in [2.75, 3.05) is 54.4 Å². The molecule has 1 amide bonds. The molecule has 0 atom stereocenters. The number of piperidine rings is 1. The number of H-pyrrole nitrogens is 1. The number of sulfonamides is 1. The summed E-state index contributed by atoms with van der Waals surface area (Å²) in [6.45, 7) is 5.75. The van der Waals surface area contributed by atoms with E-state index in [9.17, 15) is 27.5 Å². The van der Waals surface area contributed by atoms with Crippen molar-refractivity contribution in [1.82, 2.24) is 24.6 Å². The molecule has 304 valence electrons. The van der Waals surface area contributed by atoms with Gasteiger partial charge in [0.2, 0.25) is 5.82 Å². The average molecular weight is 820 g/mol. The minimum atomic E-state index is -4.60. The molecule has 2 aliphatic carbocycles. The summed E-state index contributed by atoms with van der Waals surface area (Å²) in [6.07, 6.45) is 12.6. The van der Waals surface area contributed by atoms with Crippen molar-refractivity contribution in [3.63, 3.8) is 0 Å². The highest BCUT2D eigenvalue weighted by Crippen LogP contribution is 2.51. The summed E-state index contributed by atoms with van der Waals surface area (Å²) >= 11 is 0. The number of pyridine rings is 2. The van der Waals surface area contributed by atoms with Gasteiger partial charge in [-0.05, 0) is 80.0 Å². The molecule has 4 N–H and O–H groups in total. The lowest BCUT2D eigenvalue weighted by Crippen LogP contribution is -2.57. The second kappa shape index (κ2) is 15.5. The van der Waals surface area contributed by atoms with Crippen molar-refractivity contribution >= 4 is 53.9 Å². The van der Waals surface area contributed by atoms with Crippen molar-refractivity contribution in [3.8, 4) is 11.5 Å². The monoisotopic (exact) mass is 819 g/mol. The van der Waals surface area contributed by atoms with E-state index in [0.717, 1.165) is 101 Å². The Morgan fingerprint density at radius 1 is 1.05 bits per heavy atom. The Morgan fingerprint density at radius 3 is 2.51 bits per heavy atom. The fourth-order valence-electron chi connectivity index (χ4n) is 8.90. The average Bonchev–Trinajstić information content (AvgIpc) is 3.65. The van der Waals surface area contributed by atoms with Crippen molar-refractivity contribution in [3.05, 3.63) is 70.7 Å². The van der Waals surface area contributed by atoms with Crippen LogP contribution in [-0.4, -0.2) is 93.6 Å². The third-order valence-electron chi connectivity index (χ3n) is 12.5. The standard InChI is InChI=1S/C39H49N9O7S2/c1-26-2-4-27(5-3-26)23-42-37-34(48(50)51)20-32(25-44-37)57(53,54)45-38(49)33-7-6-29(19-35(33)55-31-18-28-8-11-41-36(28)43-24-31)46-12-9-39(10-13-46)21-30(22-39)47-14-16-56(40,52)17-15-47/h6-8,11,18-20,24-27,30,40H,2-5,9-10,12-17,21-23H2,1H3,(H,41,43)(H,42,44)(H,45,49)/t26-,27+. The molecule has 4 fully saturated rings. The molecule has 1 spiro atoms. The van der Waals surface area contributed by atoms with Crippen molar-refractivity contribution in [1.29, 1.82) is 4.78 Å². The van der Waals surface area contributed by atoms with Gasteiger partial charge < -0.3 is 19.9 Å². The number of hydrogen-bond acceptors (Lipinski definition) is 13. The van der Waals surface area contributed by atoms with Crippen molar-refractivity contribution < 1.29 is 27.1 Å². The molecular weight excluding hydrogens is 771 g/mol. The first kappa shape index (κ1) is 39.0. The molecule has 4 aromatic rings. The van der Waals surface area contributed by atoms with E-state index in [1.54, 1.807) is 24.4 Å². The van der Waals surface area contributed by atoms with E-state index in [4.69, 9.17) is 9.52 Å². The van der Waals surface area contributed by atoms with Gasteiger partial charge in [0.15, 0.2) is 0 Å². The van der Waals surface area contributed by atoms with Gasteiger partial charge in [-0.1, -0.05) is 19.8 Å². The number of nitrogens with zero attached hydrogens (tertiary/aromatic N) is 5. The molecule has 2 aliphatic heterocycles. The van der Waals surface area contributed by atoms with Gasteiger partial charge in [0.1, 0.15) is 22.0 Å². The van der Waals surface area contributed by atoms with Crippen LogP contribution < -0.4 is 19.7 Å². The normalized spacial score (nSPS) is 22.5. The van der Waals surface area contributed by atoms with E-state index >= 15 is 0 Å². The Bertz CT molecular complexity index is 2370. The minimum Gasteiger partial charge on any atom is -0.455 e. The number of carbonyl (C=O) groups excluding carboxylic acids is 1. The number of nitrogens with one attached hydrogen (secondary N) is 4. The fourth-order valence-corrected chi connectivity index (χ4v) is 11.1. The maximum Gasteiger partial charge on any atom is 0.312 e. The van der Waals surface area contributed by atoms with Gasteiger partial charge in [-0.25, -0.2) is 27.3 Å². The molecule has 5 heterocycles. The van der Waals surface area contributed by atoms with Crippen LogP contribution in [0.5, 0.6) is 11.5 Å². The number of aromatic nitrogens is 3. The molecule has 2 saturated heterocycles. The molecule has 57 heavy (non-hydrogen) atoms. The third-order valence-corrected chi connectivity index (χ3v) is 15.5. The first-order chi connectivity index (χ1) is 27.2. The van der Waals surface area contributed by atoms with E-state index < -0.39 is 41.2 Å². The topological polar surface area (TPSA) is 217 Å². The molecule has 3 aromatic heterocycles. The number of benzene rings is 1. The molecule has 4 aliphatic rings. The predicted octanol–water partition coefficient (Wildman–Crippen LogP) is 6.13. The molecule has 2 saturated carbocycles. The molecule has 0 unspecified atom stereocenters. The van der Waals surface area contributed by atoms with Crippen molar-refractivity contribution in [2.24, 2.45) is 17.3 Å². The molecule has 18 heteroatoms. The highest BCUT2D eigenvalue weighted by Gasteiger charge is 2.48. The van der Waals surface area contributed by atoms with Crippen LogP contribution in [0.3, 0.4) is 0 Å². The number of fused-ring (bicyclic) bond motifs is 1. The van der Waals surface area contributed by atoms with Crippen LogP contribution in [0.15, 0.2) is 59.9 Å². The zero-order valence-corrected chi connectivity index (χ0v) is 33.6. The second-order valence-electron chi connectivity index (χ2n) is 16.4. The lowest BCUT2D eigenvalue weighted by Gasteiger charge is -2.56. The number of aromatic amines is 1. The Labute approximate surface area is 332 Å². The highest BCUT2D eigenvalue weighted by atomic mass is 32.2. The van der Waals surface area contributed by atoms with Gasteiger partial charge in [0.05, 0.1) is 22.9 Å². The van der Waals surface area contributed by atoms with E-state index in [2.05, 4.69) is 41.7 Å². The summed E-state index contributed by atoms with van der Waals surface area (Å²) in [7, 11) is -7.02. The van der Waals surface area contributed by atoms with E-state index in [-0.39, 0.29) is 22.5 Å². The molecule has 0 radical (unpaired) electrons. The minimum absolute atomic E-state index is 0.0203. The molecule has 8 rings (SSSR count). The van der Waals surface area contributed by atoms with Crippen LogP contribution in [0.2, 0.25) is 0 Å². The number of nitro groups is 1. The summed E-state index contributed by atoms with van der Waals surface area (Å²) in [5, 5.41) is 15.9. The van der Waals surface area contributed by atoms with Crippen LogP contribution in [0.1, 0.15) is 68.6 Å². The summed E-state index contributed by atoms with van der Waals surface area (Å²) in [6, 6.07) is 10.0. The zero-order valence-electron chi connectivity index (χ0n) is 31.9. The third kappa shape index (κ3) is 8.57. The molecule has 0 bridgehead atoms. The summed E-state index contributed by atoms with van der Waals surface area (Å²) in [5.41, 5.74) is 1.18. The quantitative estimate of drug-likeness (QED) is 0.0994. The molecule has 16 nitrogen and oxygen atoms in total. The summed E-state index contributed by atoms with van der Waals surface area (Å²) in [5.74, 6) is 1.38. The molecular formula is C39H49N9O7S2. The Morgan fingerprint density at radius 2 is 1.79 bits per heavy atom. The zero-order chi connectivity index (χ0) is 40.0. The number of carbonyl (C=O) groups is 1. The molecule has 1 aromatic carbocycles. The van der Waals surface area contributed by atoms with Gasteiger partial charge in [-0.15, -0.1) is 0 Å². The lowest BCUT2D eigenvalue weighted by atomic mass is 9.60. The van der Waals surface area contributed by atoms with Crippen LogP contribution >= 0.6 is 0 Å². The Hall–Kier alpha value is -4.81. The number of anilines is 2. The summed E-state index contributed by atoms with van der Waals surface area (Å²) < 4.78 is 55.6. The second-order valence-corrected chi connectivity index (χ2v) is 20.5. The number of hydrogen-bond donors (Lipinski definition) is 4. The van der Waals surface area contributed by atoms with E-state index in [1.165, 1.54) is 12.3 Å². The van der Waals surface area contributed by atoms with Gasteiger partial charge in [0.25, 0.3) is 15.9 Å².